The average Bonchev–Trinajstić information content (AvgIpc) is 3.31. The Labute approximate surface area is 148 Å². The molecule has 0 amide bonds. The smallest absolute Gasteiger partial charge is 0.158 e. The lowest BCUT2D eigenvalue weighted by Gasteiger charge is -2.24. The fourth-order valence-electron chi connectivity index (χ4n) is 3.35. The predicted octanol–water partition coefficient (Wildman–Crippen LogP) is 4.33. The molecular formula is C21H22N2O2. The molecule has 128 valence electrons. The average molecular weight is 334 g/mol. The lowest BCUT2D eigenvalue weighted by Crippen LogP contribution is -2.22. The van der Waals surface area contributed by atoms with Crippen LogP contribution in [0.4, 0.5) is 5.69 Å². The molecule has 4 nitrogen and oxygen atoms in total. The van der Waals surface area contributed by atoms with Crippen LogP contribution in [0.1, 0.15) is 17.4 Å². The summed E-state index contributed by atoms with van der Waals surface area (Å²) < 4.78 is 13.4. The Balaban J connectivity index is 1.61. The standard InChI is InChI=1S/C21H22N2O2/c1-16-5-3-4-6-20(16)22-12-11-17(15-22)21-23(13-14-25-21)18-7-9-19(24-2)10-8-18/h3-12,15,21H,13-14H2,1-2H3/t21-/m0/s1. The lowest BCUT2D eigenvalue weighted by molar-refractivity contribution is 0.114. The highest BCUT2D eigenvalue weighted by Gasteiger charge is 2.28. The van der Waals surface area contributed by atoms with Gasteiger partial charge in [-0.3, -0.25) is 0 Å². The van der Waals surface area contributed by atoms with Crippen LogP contribution in [-0.2, 0) is 4.74 Å². The topological polar surface area (TPSA) is 26.6 Å². The van der Waals surface area contributed by atoms with E-state index in [2.05, 4.69) is 71.2 Å². The highest BCUT2D eigenvalue weighted by Crippen LogP contribution is 2.33. The fourth-order valence-corrected chi connectivity index (χ4v) is 3.35. The Kier molecular flexibility index (Phi) is 4.20. The molecule has 1 atom stereocenters. The van der Waals surface area contributed by atoms with E-state index in [1.165, 1.54) is 11.3 Å². The first kappa shape index (κ1) is 15.8. The summed E-state index contributed by atoms with van der Waals surface area (Å²) in [6.45, 7) is 3.74. The number of benzene rings is 2. The normalized spacial score (nSPS) is 17.0. The second kappa shape index (κ2) is 6.65. The highest BCUT2D eigenvalue weighted by molar-refractivity contribution is 5.51. The van der Waals surface area contributed by atoms with Crippen LogP contribution in [0, 0.1) is 6.92 Å². The number of hydrogen-bond donors (Lipinski definition) is 0. The van der Waals surface area contributed by atoms with Crippen molar-refractivity contribution in [2.75, 3.05) is 25.2 Å². The van der Waals surface area contributed by atoms with E-state index in [1.807, 2.05) is 12.1 Å². The number of ether oxygens (including phenoxy) is 2. The number of methoxy groups -OCH3 is 1. The first-order valence-corrected chi connectivity index (χ1v) is 8.52. The van der Waals surface area contributed by atoms with Crippen molar-refractivity contribution in [2.45, 2.75) is 13.2 Å². The molecule has 2 heterocycles. The van der Waals surface area contributed by atoms with Crippen molar-refractivity contribution in [3.8, 4) is 11.4 Å². The molecule has 2 aromatic carbocycles. The van der Waals surface area contributed by atoms with Crippen LogP contribution >= 0.6 is 0 Å². The van der Waals surface area contributed by atoms with Gasteiger partial charge in [-0.1, -0.05) is 18.2 Å². The zero-order chi connectivity index (χ0) is 17.2. The van der Waals surface area contributed by atoms with Crippen molar-refractivity contribution in [3.63, 3.8) is 0 Å². The van der Waals surface area contributed by atoms with Crippen LogP contribution in [0.3, 0.4) is 0 Å². The second-order valence-corrected chi connectivity index (χ2v) is 6.25. The van der Waals surface area contributed by atoms with Crippen LogP contribution in [0.5, 0.6) is 5.75 Å². The summed E-state index contributed by atoms with van der Waals surface area (Å²) in [5.74, 6) is 0.867. The van der Waals surface area contributed by atoms with Gasteiger partial charge in [0.15, 0.2) is 6.23 Å². The minimum Gasteiger partial charge on any atom is -0.497 e. The third-order valence-electron chi connectivity index (χ3n) is 4.69. The molecule has 0 spiro atoms. The molecule has 1 aliphatic rings. The SMILES string of the molecule is COc1ccc(N2CCO[C@H]2c2ccn(-c3ccccc3C)c2)cc1. The Morgan fingerprint density at radius 1 is 1.04 bits per heavy atom. The minimum absolute atomic E-state index is 0.0568. The maximum Gasteiger partial charge on any atom is 0.158 e. The van der Waals surface area contributed by atoms with E-state index in [9.17, 15) is 0 Å². The molecule has 1 saturated heterocycles. The van der Waals surface area contributed by atoms with E-state index >= 15 is 0 Å². The van der Waals surface area contributed by atoms with Gasteiger partial charge in [-0.05, 0) is 48.9 Å². The predicted molar refractivity (Wildman–Crippen MR) is 99.5 cm³/mol. The zero-order valence-electron chi connectivity index (χ0n) is 14.6. The van der Waals surface area contributed by atoms with Crippen molar-refractivity contribution >= 4 is 5.69 Å². The van der Waals surface area contributed by atoms with E-state index in [1.54, 1.807) is 7.11 Å². The van der Waals surface area contributed by atoms with Gasteiger partial charge >= 0.3 is 0 Å². The van der Waals surface area contributed by atoms with E-state index in [0.717, 1.165) is 30.2 Å². The lowest BCUT2D eigenvalue weighted by atomic mass is 10.2. The molecule has 25 heavy (non-hydrogen) atoms. The molecule has 0 saturated carbocycles. The van der Waals surface area contributed by atoms with E-state index < -0.39 is 0 Å². The van der Waals surface area contributed by atoms with Crippen LogP contribution < -0.4 is 9.64 Å². The largest absolute Gasteiger partial charge is 0.497 e. The summed E-state index contributed by atoms with van der Waals surface area (Å²) in [5, 5.41) is 0. The summed E-state index contributed by atoms with van der Waals surface area (Å²) in [7, 11) is 1.69. The minimum atomic E-state index is -0.0568. The molecule has 0 radical (unpaired) electrons. The molecule has 1 aliphatic heterocycles. The molecule has 0 bridgehead atoms. The molecule has 4 heteroatoms. The molecule has 4 rings (SSSR count). The Morgan fingerprint density at radius 3 is 2.60 bits per heavy atom. The van der Waals surface area contributed by atoms with Crippen molar-refractivity contribution in [3.05, 3.63) is 78.1 Å². The van der Waals surface area contributed by atoms with Crippen molar-refractivity contribution in [1.82, 2.24) is 4.57 Å². The Bertz CT molecular complexity index is 854. The monoisotopic (exact) mass is 334 g/mol. The van der Waals surface area contributed by atoms with Gasteiger partial charge in [0.05, 0.1) is 13.7 Å². The molecule has 1 fully saturated rings. The van der Waals surface area contributed by atoms with Gasteiger partial charge < -0.3 is 18.9 Å². The van der Waals surface area contributed by atoms with Crippen molar-refractivity contribution in [2.24, 2.45) is 0 Å². The van der Waals surface area contributed by atoms with Gasteiger partial charge in [-0.15, -0.1) is 0 Å². The summed E-state index contributed by atoms with van der Waals surface area (Å²) in [6.07, 6.45) is 4.21. The van der Waals surface area contributed by atoms with Gasteiger partial charge in [0, 0.05) is 35.9 Å². The second-order valence-electron chi connectivity index (χ2n) is 6.25. The Hall–Kier alpha value is -2.72. The van der Waals surface area contributed by atoms with Gasteiger partial charge in [-0.25, -0.2) is 0 Å². The van der Waals surface area contributed by atoms with E-state index in [-0.39, 0.29) is 6.23 Å². The zero-order valence-corrected chi connectivity index (χ0v) is 14.6. The molecule has 0 N–H and O–H groups in total. The van der Waals surface area contributed by atoms with Crippen LogP contribution in [-0.4, -0.2) is 24.8 Å². The number of aromatic nitrogens is 1. The first-order chi connectivity index (χ1) is 12.3. The summed E-state index contributed by atoms with van der Waals surface area (Å²) in [6, 6.07) is 18.7. The molecular weight excluding hydrogens is 312 g/mol. The number of para-hydroxylation sites is 1. The molecule has 0 aliphatic carbocycles. The summed E-state index contributed by atoms with van der Waals surface area (Å²) in [4.78, 5) is 2.29. The van der Waals surface area contributed by atoms with Gasteiger partial charge in [0.1, 0.15) is 5.75 Å². The van der Waals surface area contributed by atoms with Crippen LogP contribution in [0.2, 0.25) is 0 Å². The molecule has 1 aromatic heterocycles. The van der Waals surface area contributed by atoms with E-state index in [0.29, 0.717) is 0 Å². The third-order valence-corrected chi connectivity index (χ3v) is 4.69. The van der Waals surface area contributed by atoms with Crippen molar-refractivity contribution < 1.29 is 9.47 Å². The number of aryl methyl sites for hydroxylation is 1. The molecule has 3 aromatic rings. The van der Waals surface area contributed by atoms with Crippen molar-refractivity contribution in [1.29, 1.82) is 0 Å². The van der Waals surface area contributed by atoms with Gasteiger partial charge in [0.25, 0.3) is 0 Å². The first-order valence-electron chi connectivity index (χ1n) is 8.52. The van der Waals surface area contributed by atoms with Crippen LogP contribution in [0.25, 0.3) is 5.69 Å². The van der Waals surface area contributed by atoms with Crippen LogP contribution in [0.15, 0.2) is 67.0 Å². The highest BCUT2D eigenvalue weighted by atomic mass is 16.5. The summed E-state index contributed by atoms with van der Waals surface area (Å²) in [5.41, 5.74) is 4.76. The quantitative estimate of drug-likeness (QED) is 0.710. The van der Waals surface area contributed by atoms with Gasteiger partial charge in [-0.2, -0.15) is 0 Å². The summed E-state index contributed by atoms with van der Waals surface area (Å²) >= 11 is 0. The van der Waals surface area contributed by atoms with Gasteiger partial charge in [0.2, 0.25) is 0 Å². The Morgan fingerprint density at radius 2 is 1.84 bits per heavy atom. The number of hydrogen-bond acceptors (Lipinski definition) is 3. The maximum atomic E-state index is 6.02. The number of anilines is 1. The third kappa shape index (κ3) is 3.01. The fraction of sp³-hybridized carbons (Fsp3) is 0.238. The molecule has 0 unspecified atom stereocenters. The van der Waals surface area contributed by atoms with E-state index in [4.69, 9.17) is 9.47 Å². The number of rotatable bonds is 4. The maximum absolute atomic E-state index is 6.02. The number of nitrogens with zero attached hydrogens (tertiary/aromatic N) is 2.